The van der Waals surface area contributed by atoms with Gasteiger partial charge in [-0.2, -0.15) is 5.10 Å². The number of nitrogens with one attached hydrogen (secondary N) is 2. The Hall–Kier alpha value is -1.89. The van der Waals surface area contributed by atoms with E-state index < -0.39 is 0 Å². The van der Waals surface area contributed by atoms with Gasteiger partial charge in [-0.3, -0.25) is 4.68 Å². The average Bonchev–Trinajstić information content (AvgIpc) is 2.86. The summed E-state index contributed by atoms with van der Waals surface area (Å²) < 4.78 is 15.9. The van der Waals surface area contributed by atoms with Crippen LogP contribution >= 0.6 is 15.9 Å². The molecule has 0 aliphatic rings. The summed E-state index contributed by atoms with van der Waals surface area (Å²) in [6, 6.07) is 6.72. The van der Waals surface area contributed by atoms with Crippen molar-refractivity contribution in [1.29, 1.82) is 0 Å². The fourth-order valence-electron chi connectivity index (χ4n) is 1.96. The number of rotatable bonds is 5. The van der Waals surface area contributed by atoms with E-state index in [-0.39, 0.29) is 5.82 Å². The van der Waals surface area contributed by atoms with E-state index in [1.54, 1.807) is 10.9 Å². The first-order valence-corrected chi connectivity index (χ1v) is 7.82. The topological polar surface area (TPSA) is 54.2 Å². The molecule has 0 fully saturated rings. The Kier molecular flexibility index (Phi) is 5.94. The Morgan fingerprint density at radius 3 is 2.82 bits per heavy atom. The van der Waals surface area contributed by atoms with Gasteiger partial charge in [0, 0.05) is 24.3 Å². The van der Waals surface area contributed by atoms with Crippen molar-refractivity contribution in [3.05, 3.63) is 52.0 Å². The first kappa shape index (κ1) is 16.5. The van der Waals surface area contributed by atoms with Crippen LogP contribution in [0, 0.1) is 5.82 Å². The minimum Gasteiger partial charge on any atom is -0.357 e. The minimum absolute atomic E-state index is 0.271. The first-order chi connectivity index (χ1) is 10.6. The van der Waals surface area contributed by atoms with Crippen LogP contribution in [-0.2, 0) is 20.1 Å². The zero-order valence-electron chi connectivity index (χ0n) is 12.6. The van der Waals surface area contributed by atoms with Crippen molar-refractivity contribution in [3.63, 3.8) is 0 Å². The lowest BCUT2D eigenvalue weighted by atomic mass is 10.2. The van der Waals surface area contributed by atoms with Gasteiger partial charge in [0.25, 0.3) is 0 Å². The van der Waals surface area contributed by atoms with Gasteiger partial charge in [0.15, 0.2) is 5.96 Å². The molecule has 7 heteroatoms. The lowest BCUT2D eigenvalue weighted by Gasteiger charge is -2.11. The average molecular weight is 368 g/mol. The molecule has 2 aromatic rings. The van der Waals surface area contributed by atoms with Crippen LogP contribution in [-0.4, -0.2) is 22.3 Å². The van der Waals surface area contributed by atoms with E-state index in [0.29, 0.717) is 23.5 Å². The number of benzene rings is 1. The lowest BCUT2D eigenvalue weighted by molar-refractivity contribution is 0.624. The molecule has 0 bridgehead atoms. The molecule has 0 unspecified atom stereocenters. The van der Waals surface area contributed by atoms with Gasteiger partial charge in [-0.15, -0.1) is 0 Å². The van der Waals surface area contributed by atoms with E-state index in [2.05, 4.69) is 36.7 Å². The summed E-state index contributed by atoms with van der Waals surface area (Å²) >= 11 is 3.29. The third-order valence-electron chi connectivity index (χ3n) is 3.05. The normalized spacial score (nSPS) is 11.5. The highest BCUT2D eigenvalue weighted by molar-refractivity contribution is 9.10. The fourth-order valence-corrected chi connectivity index (χ4v) is 2.48. The van der Waals surface area contributed by atoms with Crippen LogP contribution in [0.5, 0.6) is 0 Å². The molecule has 118 valence electrons. The van der Waals surface area contributed by atoms with Gasteiger partial charge in [-0.05, 0) is 36.8 Å². The van der Waals surface area contributed by atoms with Crippen LogP contribution in [0.1, 0.15) is 18.2 Å². The maximum Gasteiger partial charge on any atom is 0.191 e. The second kappa shape index (κ2) is 7.93. The van der Waals surface area contributed by atoms with E-state index >= 15 is 0 Å². The molecule has 0 saturated carbocycles. The molecular formula is C15H19BrFN5. The maximum atomic E-state index is 13.4. The first-order valence-electron chi connectivity index (χ1n) is 7.02. The van der Waals surface area contributed by atoms with Crippen LogP contribution in [0.4, 0.5) is 4.39 Å². The molecule has 0 aliphatic heterocycles. The summed E-state index contributed by atoms with van der Waals surface area (Å²) in [4.78, 5) is 4.47. The SMILES string of the molecule is CCNC(=NCc1cc(F)cc(Br)c1)NCc1ccnn1C. The molecule has 2 N–H and O–H groups in total. The number of hydrogen-bond acceptors (Lipinski definition) is 2. The third kappa shape index (κ3) is 4.84. The lowest BCUT2D eigenvalue weighted by Crippen LogP contribution is -2.37. The van der Waals surface area contributed by atoms with E-state index in [9.17, 15) is 4.39 Å². The Morgan fingerprint density at radius 1 is 1.36 bits per heavy atom. The Labute approximate surface area is 137 Å². The Bertz CT molecular complexity index is 633. The monoisotopic (exact) mass is 367 g/mol. The molecule has 2 rings (SSSR count). The highest BCUT2D eigenvalue weighted by Crippen LogP contribution is 2.15. The smallest absolute Gasteiger partial charge is 0.191 e. The zero-order chi connectivity index (χ0) is 15.9. The van der Waals surface area contributed by atoms with Crippen molar-refractivity contribution in [3.8, 4) is 0 Å². The van der Waals surface area contributed by atoms with Crippen LogP contribution < -0.4 is 10.6 Å². The number of hydrogen-bond donors (Lipinski definition) is 2. The summed E-state index contributed by atoms with van der Waals surface area (Å²) in [5, 5.41) is 10.5. The van der Waals surface area contributed by atoms with Crippen molar-refractivity contribution in [2.45, 2.75) is 20.0 Å². The molecule has 22 heavy (non-hydrogen) atoms. The zero-order valence-corrected chi connectivity index (χ0v) is 14.2. The van der Waals surface area contributed by atoms with E-state index in [1.165, 1.54) is 12.1 Å². The molecule has 0 spiro atoms. The van der Waals surface area contributed by atoms with Gasteiger partial charge in [0.1, 0.15) is 5.82 Å². The van der Waals surface area contributed by atoms with Crippen molar-refractivity contribution >= 4 is 21.9 Å². The predicted octanol–water partition coefficient (Wildman–Crippen LogP) is 2.58. The number of nitrogens with zero attached hydrogens (tertiary/aromatic N) is 3. The fraction of sp³-hybridized carbons (Fsp3) is 0.333. The van der Waals surface area contributed by atoms with Crippen LogP contribution in [0.25, 0.3) is 0 Å². The molecule has 0 atom stereocenters. The Morgan fingerprint density at radius 2 is 2.18 bits per heavy atom. The number of halogens is 2. The van der Waals surface area contributed by atoms with E-state index in [0.717, 1.165) is 17.8 Å². The van der Waals surface area contributed by atoms with E-state index in [4.69, 9.17) is 0 Å². The van der Waals surface area contributed by atoms with Gasteiger partial charge in [-0.25, -0.2) is 9.38 Å². The third-order valence-corrected chi connectivity index (χ3v) is 3.50. The molecule has 1 aromatic heterocycles. The number of aliphatic imine (C=N–C) groups is 1. The second-order valence-corrected chi connectivity index (χ2v) is 5.69. The van der Waals surface area contributed by atoms with Gasteiger partial charge in [0.05, 0.1) is 18.8 Å². The molecule has 0 aliphatic carbocycles. The van der Waals surface area contributed by atoms with Crippen molar-refractivity contribution < 1.29 is 4.39 Å². The van der Waals surface area contributed by atoms with Crippen molar-refractivity contribution in [1.82, 2.24) is 20.4 Å². The summed E-state index contributed by atoms with van der Waals surface area (Å²) in [5.74, 6) is 0.413. The number of guanidine groups is 1. The van der Waals surface area contributed by atoms with Crippen molar-refractivity contribution in [2.24, 2.45) is 12.0 Å². The van der Waals surface area contributed by atoms with Crippen molar-refractivity contribution in [2.75, 3.05) is 6.54 Å². The molecule has 1 heterocycles. The number of aromatic nitrogens is 2. The second-order valence-electron chi connectivity index (χ2n) is 4.77. The predicted molar refractivity (Wildman–Crippen MR) is 89.0 cm³/mol. The van der Waals surface area contributed by atoms with Crippen LogP contribution in [0.3, 0.4) is 0 Å². The van der Waals surface area contributed by atoms with Gasteiger partial charge >= 0.3 is 0 Å². The molecule has 1 aromatic carbocycles. The largest absolute Gasteiger partial charge is 0.357 e. The minimum atomic E-state index is -0.271. The Balaban J connectivity index is 2.01. The van der Waals surface area contributed by atoms with Crippen LogP contribution in [0.2, 0.25) is 0 Å². The van der Waals surface area contributed by atoms with E-state index in [1.807, 2.05) is 26.1 Å². The standard InChI is InChI=1S/C15H19BrFN5/c1-3-18-15(20-10-14-4-5-21-22(14)2)19-9-11-6-12(16)8-13(17)7-11/h4-8H,3,9-10H2,1-2H3,(H2,18,19,20). The van der Waals surface area contributed by atoms with Gasteiger partial charge < -0.3 is 10.6 Å². The molecule has 0 radical (unpaired) electrons. The molecule has 0 amide bonds. The summed E-state index contributed by atoms with van der Waals surface area (Å²) in [7, 11) is 1.89. The summed E-state index contributed by atoms with van der Waals surface area (Å²) in [6.45, 7) is 3.77. The summed E-state index contributed by atoms with van der Waals surface area (Å²) in [6.07, 6.45) is 1.76. The molecule has 5 nitrogen and oxygen atoms in total. The van der Waals surface area contributed by atoms with Gasteiger partial charge in [0.2, 0.25) is 0 Å². The molecular weight excluding hydrogens is 349 g/mol. The maximum absolute atomic E-state index is 13.4. The number of aryl methyl sites for hydroxylation is 1. The highest BCUT2D eigenvalue weighted by Gasteiger charge is 2.03. The molecule has 0 saturated heterocycles. The summed E-state index contributed by atoms with van der Waals surface area (Å²) in [5.41, 5.74) is 1.86. The van der Waals surface area contributed by atoms with Gasteiger partial charge in [-0.1, -0.05) is 15.9 Å². The van der Waals surface area contributed by atoms with Crippen LogP contribution in [0.15, 0.2) is 39.9 Å². The highest BCUT2D eigenvalue weighted by atomic mass is 79.9. The quantitative estimate of drug-likeness (QED) is 0.630.